The second kappa shape index (κ2) is 13.1. The van der Waals surface area contributed by atoms with Gasteiger partial charge in [-0.25, -0.2) is 0 Å². The fraction of sp³-hybridized carbons (Fsp3) is 0.353. The summed E-state index contributed by atoms with van der Waals surface area (Å²) < 4.78 is 11.4. The van der Waals surface area contributed by atoms with Crippen LogP contribution >= 0.6 is 0 Å². The Kier molecular flexibility index (Phi) is 9.17. The molecule has 0 saturated carbocycles. The highest BCUT2D eigenvalue weighted by atomic mass is 16.5. The van der Waals surface area contributed by atoms with Crippen LogP contribution in [0.25, 0.3) is 5.76 Å². The monoisotopic (exact) mass is 554 g/mol. The average Bonchev–Trinajstić information content (AvgIpc) is 3.26. The Bertz CT molecular complexity index is 1390. The fourth-order valence-electron chi connectivity index (χ4n) is 5.56. The van der Waals surface area contributed by atoms with Crippen molar-refractivity contribution in [1.29, 1.82) is 0 Å². The molecule has 2 heterocycles. The van der Waals surface area contributed by atoms with Gasteiger partial charge in [0.2, 0.25) is 0 Å². The lowest BCUT2D eigenvalue weighted by Crippen LogP contribution is -2.38. The van der Waals surface area contributed by atoms with E-state index in [0.29, 0.717) is 37.7 Å². The molecule has 7 heteroatoms. The van der Waals surface area contributed by atoms with E-state index in [4.69, 9.17) is 9.47 Å². The van der Waals surface area contributed by atoms with Gasteiger partial charge in [-0.05, 0) is 60.2 Å². The second-order valence-electron chi connectivity index (χ2n) is 10.6. The zero-order valence-electron chi connectivity index (χ0n) is 23.8. The van der Waals surface area contributed by atoms with Crippen LogP contribution in [0.5, 0.6) is 5.75 Å². The fourth-order valence-corrected chi connectivity index (χ4v) is 5.56. The molecule has 0 aliphatic carbocycles. The number of ether oxygens (including phenoxy) is 2. The molecule has 3 aromatic rings. The number of carbonyl (C=O) groups is 2. The minimum atomic E-state index is -0.654. The van der Waals surface area contributed by atoms with Crippen LogP contribution in [0.15, 0.2) is 78.4 Å². The van der Waals surface area contributed by atoms with Gasteiger partial charge in [0.15, 0.2) is 0 Å². The van der Waals surface area contributed by atoms with Crippen molar-refractivity contribution in [3.05, 3.63) is 106 Å². The minimum absolute atomic E-state index is 0.131. The predicted molar refractivity (Wildman–Crippen MR) is 159 cm³/mol. The second-order valence-corrected chi connectivity index (χ2v) is 10.6. The lowest BCUT2D eigenvalue weighted by molar-refractivity contribution is -0.140. The maximum atomic E-state index is 13.5. The molecule has 3 aromatic carbocycles. The molecule has 7 nitrogen and oxygen atoms in total. The molecule has 41 heavy (non-hydrogen) atoms. The lowest BCUT2D eigenvalue weighted by atomic mass is 9.93. The van der Waals surface area contributed by atoms with Crippen LogP contribution in [-0.2, 0) is 27.4 Å². The van der Waals surface area contributed by atoms with Gasteiger partial charge in [0.25, 0.3) is 11.7 Å². The average molecular weight is 555 g/mol. The molecule has 1 atom stereocenters. The first-order valence-corrected chi connectivity index (χ1v) is 14.4. The molecule has 1 N–H and O–H groups in total. The maximum absolute atomic E-state index is 13.5. The molecule has 2 fully saturated rings. The molecular formula is C34H38N2O5. The van der Waals surface area contributed by atoms with Crippen molar-refractivity contribution in [2.24, 2.45) is 0 Å². The summed E-state index contributed by atoms with van der Waals surface area (Å²) in [7, 11) is 0. The van der Waals surface area contributed by atoms with Crippen molar-refractivity contribution in [2.45, 2.75) is 39.3 Å². The summed E-state index contributed by atoms with van der Waals surface area (Å²) in [5.41, 5.74) is 4.44. The Hall–Kier alpha value is -3.94. The molecule has 0 radical (unpaired) electrons. The van der Waals surface area contributed by atoms with E-state index in [1.54, 1.807) is 17.0 Å². The summed E-state index contributed by atoms with van der Waals surface area (Å²) in [6.45, 7) is 8.77. The maximum Gasteiger partial charge on any atom is 0.295 e. The summed E-state index contributed by atoms with van der Waals surface area (Å²) in [4.78, 5) is 30.8. The molecule has 1 amide bonds. The molecule has 0 bridgehead atoms. The zero-order valence-corrected chi connectivity index (χ0v) is 23.8. The van der Waals surface area contributed by atoms with E-state index in [0.717, 1.165) is 49.2 Å². The molecule has 0 aromatic heterocycles. The molecular weight excluding hydrogens is 516 g/mol. The van der Waals surface area contributed by atoms with E-state index in [-0.39, 0.29) is 11.3 Å². The van der Waals surface area contributed by atoms with Crippen molar-refractivity contribution < 1.29 is 24.2 Å². The summed E-state index contributed by atoms with van der Waals surface area (Å²) in [5, 5.41) is 11.6. The highest BCUT2D eigenvalue weighted by Crippen LogP contribution is 2.40. The third-order valence-corrected chi connectivity index (χ3v) is 7.92. The Morgan fingerprint density at radius 2 is 1.68 bits per heavy atom. The van der Waals surface area contributed by atoms with Gasteiger partial charge in [0, 0.05) is 31.7 Å². The molecule has 0 spiro atoms. The van der Waals surface area contributed by atoms with Crippen LogP contribution in [0.4, 0.5) is 0 Å². The summed E-state index contributed by atoms with van der Waals surface area (Å²) in [6.07, 6.45) is 1.61. The van der Waals surface area contributed by atoms with Crippen LogP contribution < -0.4 is 4.74 Å². The first-order valence-electron chi connectivity index (χ1n) is 14.4. The van der Waals surface area contributed by atoms with Gasteiger partial charge in [-0.15, -0.1) is 0 Å². The summed E-state index contributed by atoms with van der Waals surface area (Å²) >= 11 is 0. The van der Waals surface area contributed by atoms with Gasteiger partial charge < -0.3 is 19.5 Å². The quantitative estimate of drug-likeness (QED) is 0.209. The van der Waals surface area contributed by atoms with E-state index in [1.165, 1.54) is 5.56 Å². The van der Waals surface area contributed by atoms with Crippen molar-refractivity contribution >= 4 is 17.4 Å². The van der Waals surface area contributed by atoms with Gasteiger partial charge in [0.05, 0.1) is 24.8 Å². The van der Waals surface area contributed by atoms with Gasteiger partial charge in [-0.1, -0.05) is 61.5 Å². The molecule has 5 rings (SSSR count). The van der Waals surface area contributed by atoms with Gasteiger partial charge in [-0.3, -0.25) is 14.5 Å². The van der Waals surface area contributed by atoms with Gasteiger partial charge in [0.1, 0.15) is 18.1 Å². The van der Waals surface area contributed by atoms with E-state index in [9.17, 15) is 14.7 Å². The number of rotatable bonds is 10. The molecule has 2 aliphatic heterocycles. The van der Waals surface area contributed by atoms with Crippen LogP contribution in [-0.4, -0.2) is 66.0 Å². The lowest BCUT2D eigenvalue weighted by Gasteiger charge is -2.29. The Morgan fingerprint density at radius 1 is 0.951 bits per heavy atom. The minimum Gasteiger partial charge on any atom is -0.507 e. The predicted octanol–water partition coefficient (Wildman–Crippen LogP) is 5.28. The molecule has 214 valence electrons. The van der Waals surface area contributed by atoms with E-state index in [2.05, 4.69) is 11.8 Å². The number of amides is 1. The van der Waals surface area contributed by atoms with Crippen LogP contribution in [0, 0.1) is 6.92 Å². The van der Waals surface area contributed by atoms with Gasteiger partial charge >= 0.3 is 0 Å². The number of ketones is 1. The number of hydrogen-bond donors (Lipinski definition) is 1. The van der Waals surface area contributed by atoms with Crippen molar-refractivity contribution in [3.63, 3.8) is 0 Å². The highest BCUT2D eigenvalue weighted by Gasteiger charge is 2.46. The SMILES string of the molecule is CCc1ccc(C2/C(=C(\O)c3ccc(OCc4ccccc4)cc3C)C(=O)C(=O)N2CCCN2CCOCC2)cc1. The van der Waals surface area contributed by atoms with Crippen molar-refractivity contribution in [3.8, 4) is 5.75 Å². The van der Waals surface area contributed by atoms with Crippen LogP contribution in [0.3, 0.4) is 0 Å². The van der Waals surface area contributed by atoms with Crippen LogP contribution in [0.1, 0.15) is 47.2 Å². The molecule has 2 aliphatic rings. The smallest absolute Gasteiger partial charge is 0.295 e. The normalized spacial score (nSPS) is 19.1. The highest BCUT2D eigenvalue weighted by molar-refractivity contribution is 6.46. The topological polar surface area (TPSA) is 79.3 Å². The number of aryl methyl sites for hydroxylation is 2. The number of likely N-dealkylation sites (tertiary alicyclic amines) is 1. The third kappa shape index (κ3) is 6.53. The Labute approximate surface area is 242 Å². The van der Waals surface area contributed by atoms with E-state index in [1.807, 2.05) is 67.6 Å². The number of aliphatic hydroxyl groups is 1. The third-order valence-electron chi connectivity index (χ3n) is 7.92. The summed E-state index contributed by atoms with van der Waals surface area (Å²) in [6, 6.07) is 22.6. The Balaban J connectivity index is 1.43. The number of Topliss-reactive ketones (excluding diaryl/α,β-unsaturated/α-hetero) is 1. The number of morpholine rings is 1. The number of benzene rings is 3. The van der Waals surface area contributed by atoms with Crippen LogP contribution in [0.2, 0.25) is 0 Å². The van der Waals surface area contributed by atoms with Gasteiger partial charge in [-0.2, -0.15) is 0 Å². The first kappa shape index (κ1) is 28.6. The van der Waals surface area contributed by atoms with Crippen molar-refractivity contribution in [1.82, 2.24) is 9.80 Å². The zero-order chi connectivity index (χ0) is 28.8. The number of carbonyl (C=O) groups excluding carboxylic acids is 2. The number of aliphatic hydroxyl groups excluding tert-OH is 1. The van der Waals surface area contributed by atoms with Crippen molar-refractivity contribution in [2.75, 3.05) is 39.4 Å². The standard InChI is InChI=1S/C34H38N2O5/c1-3-25-10-12-27(13-11-25)31-30(33(38)34(39)36(31)17-7-16-35-18-20-40-21-19-35)32(37)29-15-14-28(22-24(29)2)41-23-26-8-5-4-6-9-26/h4-6,8-15,22,31,37H,3,7,16-21,23H2,1-2H3/b32-30+. The largest absolute Gasteiger partial charge is 0.507 e. The molecule has 1 unspecified atom stereocenters. The Morgan fingerprint density at radius 3 is 2.37 bits per heavy atom. The summed E-state index contributed by atoms with van der Waals surface area (Å²) in [5.74, 6) is -0.713. The first-order chi connectivity index (χ1) is 20.0. The van der Waals surface area contributed by atoms with E-state index < -0.39 is 17.7 Å². The molecule has 2 saturated heterocycles. The number of nitrogens with zero attached hydrogens (tertiary/aromatic N) is 2. The van der Waals surface area contributed by atoms with E-state index >= 15 is 0 Å². The number of hydrogen-bond acceptors (Lipinski definition) is 6.